The van der Waals surface area contributed by atoms with Gasteiger partial charge in [-0.2, -0.15) is 0 Å². The number of hydrogen-bond acceptors (Lipinski definition) is 3. The van der Waals surface area contributed by atoms with Gasteiger partial charge in [0.05, 0.1) is 0 Å². The van der Waals surface area contributed by atoms with Crippen molar-refractivity contribution in [2.45, 2.75) is 26.2 Å². The SMILES string of the molecule is Cc1cc(O)ccc1C(C)CC(CN)CO. The van der Waals surface area contributed by atoms with E-state index in [0.29, 0.717) is 18.2 Å². The molecule has 0 radical (unpaired) electrons. The van der Waals surface area contributed by atoms with Gasteiger partial charge in [0.25, 0.3) is 0 Å². The van der Waals surface area contributed by atoms with Crippen LogP contribution < -0.4 is 5.73 Å². The van der Waals surface area contributed by atoms with Gasteiger partial charge in [0.1, 0.15) is 5.75 Å². The maximum absolute atomic E-state index is 9.33. The highest BCUT2D eigenvalue weighted by Gasteiger charge is 2.14. The molecule has 3 heteroatoms. The van der Waals surface area contributed by atoms with Crippen LogP contribution in [0.1, 0.15) is 30.4 Å². The lowest BCUT2D eigenvalue weighted by Gasteiger charge is -2.19. The van der Waals surface area contributed by atoms with E-state index in [1.807, 2.05) is 13.0 Å². The van der Waals surface area contributed by atoms with Crippen LogP contribution in [0.2, 0.25) is 0 Å². The zero-order chi connectivity index (χ0) is 12.1. The molecule has 2 atom stereocenters. The van der Waals surface area contributed by atoms with Crippen molar-refractivity contribution in [2.75, 3.05) is 13.2 Å². The first-order valence-electron chi connectivity index (χ1n) is 5.69. The molecule has 16 heavy (non-hydrogen) atoms. The Bertz CT molecular complexity index is 335. The predicted molar refractivity (Wildman–Crippen MR) is 65.5 cm³/mol. The first kappa shape index (κ1) is 13.0. The molecule has 4 N–H and O–H groups in total. The quantitative estimate of drug-likeness (QED) is 0.712. The molecule has 1 rings (SSSR count). The maximum Gasteiger partial charge on any atom is 0.115 e. The number of phenolic OH excluding ortho intramolecular Hbond substituents is 1. The second-order valence-corrected chi connectivity index (χ2v) is 4.46. The summed E-state index contributed by atoms with van der Waals surface area (Å²) >= 11 is 0. The molecule has 0 aliphatic carbocycles. The Morgan fingerprint density at radius 2 is 2.06 bits per heavy atom. The molecule has 0 aliphatic rings. The van der Waals surface area contributed by atoms with E-state index in [1.54, 1.807) is 12.1 Å². The molecule has 0 saturated carbocycles. The molecule has 0 fully saturated rings. The molecule has 0 bridgehead atoms. The Kier molecular flexibility index (Phi) is 4.77. The third-order valence-corrected chi connectivity index (χ3v) is 3.06. The van der Waals surface area contributed by atoms with E-state index in [4.69, 9.17) is 10.8 Å². The summed E-state index contributed by atoms with van der Waals surface area (Å²) < 4.78 is 0. The summed E-state index contributed by atoms with van der Waals surface area (Å²) in [6.45, 7) is 4.76. The summed E-state index contributed by atoms with van der Waals surface area (Å²) in [6, 6.07) is 5.41. The summed E-state index contributed by atoms with van der Waals surface area (Å²) in [5, 5.41) is 18.4. The lowest BCUT2D eigenvalue weighted by Crippen LogP contribution is -2.20. The standard InChI is InChI=1S/C13H21NO2/c1-9(5-11(7-14)8-15)13-4-3-12(16)6-10(13)2/h3-4,6,9,11,15-16H,5,7-8,14H2,1-2H3. The van der Waals surface area contributed by atoms with Crippen LogP contribution >= 0.6 is 0 Å². The monoisotopic (exact) mass is 223 g/mol. The zero-order valence-electron chi connectivity index (χ0n) is 9.98. The topological polar surface area (TPSA) is 66.5 Å². The van der Waals surface area contributed by atoms with Crippen LogP contribution in [0.3, 0.4) is 0 Å². The van der Waals surface area contributed by atoms with Crippen LogP contribution in [0.15, 0.2) is 18.2 Å². The molecular formula is C13H21NO2. The van der Waals surface area contributed by atoms with Gasteiger partial charge in [0.15, 0.2) is 0 Å². The summed E-state index contributed by atoms with van der Waals surface area (Å²) in [6.07, 6.45) is 0.874. The van der Waals surface area contributed by atoms with Gasteiger partial charge in [-0.3, -0.25) is 0 Å². The van der Waals surface area contributed by atoms with Gasteiger partial charge in [-0.1, -0.05) is 13.0 Å². The summed E-state index contributed by atoms with van der Waals surface area (Å²) in [5.41, 5.74) is 7.87. The molecule has 1 aromatic rings. The summed E-state index contributed by atoms with van der Waals surface area (Å²) in [4.78, 5) is 0. The van der Waals surface area contributed by atoms with E-state index >= 15 is 0 Å². The first-order chi connectivity index (χ1) is 7.58. The smallest absolute Gasteiger partial charge is 0.115 e. The van der Waals surface area contributed by atoms with Gasteiger partial charge in [-0.05, 0) is 55.0 Å². The molecular weight excluding hydrogens is 202 g/mol. The molecule has 1 aromatic carbocycles. The number of hydrogen-bond donors (Lipinski definition) is 3. The molecule has 0 aliphatic heterocycles. The Morgan fingerprint density at radius 1 is 1.38 bits per heavy atom. The molecule has 3 nitrogen and oxygen atoms in total. The minimum atomic E-state index is 0.137. The minimum absolute atomic E-state index is 0.137. The number of aliphatic hydroxyl groups is 1. The summed E-state index contributed by atoms with van der Waals surface area (Å²) in [5.74, 6) is 0.801. The van der Waals surface area contributed by atoms with E-state index in [2.05, 4.69) is 6.92 Å². The molecule has 0 saturated heterocycles. The molecule has 0 aromatic heterocycles. The third-order valence-electron chi connectivity index (χ3n) is 3.06. The maximum atomic E-state index is 9.33. The molecule has 0 amide bonds. The fraction of sp³-hybridized carbons (Fsp3) is 0.538. The number of benzene rings is 1. The van der Waals surface area contributed by atoms with Gasteiger partial charge in [0.2, 0.25) is 0 Å². The average molecular weight is 223 g/mol. The minimum Gasteiger partial charge on any atom is -0.508 e. The van der Waals surface area contributed by atoms with Crippen LogP contribution in [-0.2, 0) is 0 Å². The highest BCUT2D eigenvalue weighted by Crippen LogP contribution is 2.27. The second kappa shape index (κ2) is 5.87. The van der Waals surface area contributed by atoms with Crippen molar-refractivity contribution in [1.82, 2.24) is 0 Å². The first-order valence-corrected chi connectivity index (χ1v) is 5.69. The van der Waals surface area contributed by atoms with Crippen molar-refractivity contribution in [3.8, 4) is 5.75 Å². The van der Waals surface area contributed by atoms with Crippen LogP contribution in [0.5, 0.6) is 5.75 Å². The Hall–Kier alpha value is -1.06. The van der Waals surface area contributed by atoms with Crippen molar-refractivity contribution in [1.29, 1.82) is 0 Å². The number of aryl methyl sites for hydroxylation is 1. The average Bonchev–Trinajstić information content (AvgIpc) is 2.25. The number of rotatable bonds is 5. The second-order valence-electron chi connectivity index (χ2n) is 4.46. The van der Waals surface area contributed by atoms with Crippen LogP contribution in [0, 0.1) is 12.8 Å². The van der Waals surface area contributed by atoms with E-state index in [1.165, 1.54) is 5.56 Å². The largest absolute Gasteiger partial charge is 0.508 e. The van der Waals surface area contributed by atoms with E-state index < -0.39 is 0 Å². The summed E-state index contributed by atoms with van der Waals surface area (Å²) in [7, 11) is 0. The van der Waals surface area contributed by atoms with Crippen molar-refractivity contribution in [3.63, 3.8) is 0 Å². The Morgan fingerprint density at radius 3 is 2.56 bits per heavy atom. The van der Waals surface area contributed by atoms with Gasteiger partial charge in [0, 0.05) is 6.61 Å². The number of phenols is 1. The molecule has 2 unspecified atom stereocenters. The highest BCUT2D eigenvalue weighted by atomic mass is 16.3. The van der Waals surface area contributed by atoms with E-state index in [-0.39, 0.29) is 12.5 Å². The van der Waals surface area contributed by atoms with Gasteiger partial charge >= 0.3 is 0 Å². The van der Waals surface area contributed by atoms with E-state index in [9.17, 15) is 5.11 Å². The van der Waals surface area contributed by atoms with Crippen molar-refractivity contribution in [3.05, 3.63) is 29.3 Å². The lowest BCUT2D eigenvalue weighted by atomic mass is 9.88. The lowest BCUT2D eigenvalue weighted by molar-refractivity contribution is 0.217. The van der Waals surface area contributed by atoms with Gasteiger partial charge < -0.3 is 15.9 Å². The Labute approximate surface area is 96.9 Å². The van der Waals surface area contributed by atoms with Gasteiger partial charge in [-0.25, -0.2) is 0 Å². The highest BCUT2D eigenvalue weighted by molar-refractivity contribution is 5.35. The van der Waals surface area contributed by atoms with Crippen LogP contribution in [0.25, 0.3) is 0 Å². The van der Waals surface area contributed by atoms with Crippen molar-refractivity contribution in [2.24, 2.45) is 11.7 Å². The van der Waals surface area contributed by atoms with Crippen molar-refractivity contribution >= 4 is 0 Å². The van der Waals surface area contributed by atoms with Gasteiger partial charge in [-0.15, -0.1) is 0 Å². The van der Waals surface area contributed by atoms with Crippen molar-refractivity contribution < 1.29 is 10.2 Å². The van der Waals surface area contributed by atoms with Crippen LogP contribution in [-0.4, -0.2) is 23.4 Å². The fourth-order valence-electron chi connectivity index (χ4n) is 2.09. The molecule has 90 valence electrons. The zero-order valence-corrected chi connectivity index (χ0v) is 9.98. The third kappa shape index (κ3) is 3.22. The van der Waals surface area contributed by atoms with Crippen LogP contribution in [0.4, 0.5) is 0 Å². The molecule has 0 spiro atoms. The number of aliphatic hydroxyl groups excluding tert-OH is 1. The number of aromatic hydroxyl groups is 1. The normalized spacial score (nSPS) is 14.8. The van der Waals surface area contributed by atoms with E-state index in [0.717, 1.165) is 12.0 Å². The number of nitrogens with two attached hydrogens (primary N) is 1. The Balaban J connectivity index is 2.76. The predicted octanol–water partition coefficient (Wildman–Crippen LogP) is 1.76. The fourth-order valence-corrected chi connectivity index (χ4v) is 2.09. The molecule has 0 heterocycles.